The van der Waals surface area contributed by atoms with Crippen molar-refractivity contribution in [3.05, 3.63) is 82.9 Å². The second-order valence-electron chi connectivity index (χ2n) is 13.0. The Hall–Kier alpha value is -4.82. The number of carbonyl (C=O) groups is 2. The summed E-state index contributed by atoms with van der Waals surface area (Å²) in [6, 6.07) is 7.22. The summed E-state index contributed by atoms with van der Waals surface area (Å²) in [5.74, 6) is -3.66. The van der Waals surface area contributed by atoms with Crippen LogP contribution < -0.4 is 15.4 Å². The number of benzene rings is 2. The number of fused-ring (bicyclic) bond motifs is 4. The van der Waals surface area contributed by atoms with E-state index in [0.717, 1.165) is 18.2 Å². The van der Waals surface area contributed by atoms with Gasteiger partial charge in [-0.2, -0.15) is 13.2 Å². The fourth-order valence-corrected chi connectivity index (χ4v) is 6.59. The second-order valence-corrected chi connectivity index (χ2v) is 13.0. The Morgan fingerprint density at radius 1 is 1.12 bits per heavy atom. The first kappa shape index (κ1) is 32.7. The molecule has 3 aromatic heterocycles. The number of ether oxygens (including phenoxy) is 2. The van der Waals surface area contributed by atoms with Crippen molar-refractivity contribution >= 4 is 33.9 Å². The Morgan fingerprint density at radius 3 is 2.53 bits per heavy atom. The number of anilines is 1. The quantitative estimate of drug-likeness (QED) is 0.111. The lowest BCUT2D eigenvalue weighted by Gasteiger charge is -2.39. The molecule has 5 heterocycles. The molecule has 49 heavy (non-hydrogen) atoms. The monoisotopic (exact) mass is 681 g/mol. The van der Waals surface area contributed by atoms with E-state index in [-0.39, 0.29) is 57.5 Å². The zero-order valence-corrected chi connectivity index (χ0v) is 26.8. The number of nitrogens with one attached hydrogen (secondary N) is 2. The number of alkyl halides is 3. The Morgan fingerprint density at radius 2 is 1.86 bits per heavy atom. The number of aryl methyl sites for hydroxylation is 1. The number of pyridine rings is 1. The van der Waals surface area contributed by atoms with E-state index < -0.39 is 46.9 Å². The van der Waals surface area contributed by atoms with Gasteiger partial charge in [0.05, 0.1) is 47.4 Å². The summed E-state index contributed by atoms with van der Waals surface area (Å²) in [6.07, 6.45) is -1.80. The van der Waals surface area contributed by atoms with Crippen molar-refractivity contribution in [1.82, 2.24) is 19.3 Å². The summed E-state index contributed by atoms with van der Waals surface area (Å²) in [5, 5.41) is 5.54. The van der Waals surface area contributed by atoms with Gasteiger partial charge in [0.2, 0.25) is 11.7 Å². The van der Waals surface area contributed by atoms with E-state index in [9.17, 15) is 22.8 Å². The van der Waals surface area contributed by atoms with Gasteiger partial charge in [-0.1, -0.05) is 6.07 Å². The molecule has 0 bridgehead atoms. The highest BCUT2D eigenvalue weighted by atomic mass is 19.4. The minimum absolute atomic E-state index is 0.0105. The first-order chi connectivity index (χ1) is 23.2. The molecule has 1 unspecified atom stereocenters. The number of amides is 1. The molecule has 1 atom stereocenters. The minimum Gasteiger partial charge on any atom is -0.487 e. The number of ketones is 1. The van der Waals surface area contributed by atoms with E-state index in [1.165, 1.54) is 39.7 Å². The van der Waals surface area contributed by atoms with Crippen molar-refractivity contribution in [3.63, 3.8) is 0 Å². The van der Waals surface area contributed by atoms with Gasteiger partial charge in [-0.05, 0) is 62.7 Å². The molecule has 0 radical (unpaired) electrons. The average Bonchev–Trinajstić information content (AvgIpc) is 3.58. The van der Waals surface area contributed by atoms with Crippen LogP contribution in [0.4, 0.5) is 27.6 Å². The molecule has 1 saturated heterocycles. The second kappa shape index (κ2) is 11.9. The van der Waals surface area contributed by atoms with Gasteiger partial charge in [-0.15, -0.1) is 0 Å². The van der Waals surface area contributed by atoms with E-state index in [1.807, 2.05) is 6.92 Å². The summed E-state index contributed by atoms with van der Waals surface area (Å²) in [7, 11) is 1.59. The fraction of sp³-hybridized carbons (Fsp3) is 0.343. The number of nitrogens with zero attached hydrogens (tertiary/aromatic N) is 3. The van der Waals surface area contributed by atoms with Crippen LogP contribution in [0.25, 0.3) is 27.7 Å². The Labute approximate surface area is 277 Å². The molecule has 0 saturated carbocycles. The summed E-state index contributed by atoms with van der Waals surface area (Å²) < 4.78 is 88.7. The van der Waals surface area contributed by atoms with Gasteiger partial charge in [-0.25, -0.2) is 13.8 Å². The Bertz CT molecular complexity index is 2130. The number of carbonyl (C=O) groups excluding carboxylic acids is 2. The third-order valence-electron chi connectivity index (χ3n) is 9.02. The maximum absolute atomic E-state index is 15.2. The highest BCUT2D eigenvalue weighted by Crippen LogP contribution is 2.49. The van der Waals surface area contributed by atoms with Crippen LogP contribution in [0.1, 0.15) is 53.9 Å². The summed E-state index contributed by atoms with van der Waals surface area (Å²) in [4.78, 5) is 30.7. The topological polar surface area (TPSA) is 98.9 Å². The van der Waals surface area contributed by atoms with Crippen LogP contribution in [0.2, 0.25) is 0 Å². The number of imidazole rings is 1. The molecule has 2 aliphatic heterocycles. The smallest absolute Gasteiger partial charge is 0.417 e. The molecule has 1 amide bonds. The normalized spacial score (nSPS) is 16.9. The van der Waals surface area contributed by atoms with E-state index in [4.69, 9.17) is 9.47 Å². The van der Waals surface area contributed by atoms with Crippen molar-refractivity contribution in [2.45, 2.75) is 50.9 Å². The van der Waals surface area contributed by atoms with Crippen LogP contribution in [0.3, 0.4) is 0 Å². The molecule has 0 aliphatic carbocycles. The predicted molar refractivity (Wildman–Crippen MR) is 171 cm³/mol. The van der Waals surface area contributed by atoms with Crippen LogP contribution in [-0.4, -0.2) is 57.0 Å². The first-order valence-corrected chi connectivity index (χ1v) is 15.8. The standard InChI is InChI=1S/C35H32F5N5O4/c1-18-10-19-13-26(32(47)20-11-23(36)29(24(37)12-20)43-27(46)7-4-8-42-34(2)15-48-16-34)45-9-5-6-21(31(19)45)28-22(35(38,39)40)14-25-30(33(28)49-18)41-17-44(25)3/h5-6,9,11-14,17-18,42H,4,7-8,10,15-16H2,1-3H3,(H,43,46). The van der Waals surface area contributed by atoms with Gasteiger partial charge in [0.25, 0.3) is 0 Å². The van der Waals surface area contributed by atoms with Crippen molar-refractivity contribution in [2.75, 3.05) is 25.1 Å². The molecule has 5 aromatic rings. The lowest BCUT2D eigenvalue weighted by molar-refractivity contribution is -0.137. The van der Waals surface area contributed by atoms with Crippen LogP contribution in [0, 0.1) is 11.6 Å². The molecule has 256 valence electrons. The SMILES string of the molecule is CC1Cc2cc(C(=O)c3cc(F)c(NC(=O)CCCNC4(C)COC4)c(F)c3)n3cccc(c23)-c2c(C(F)(F)F)cc3c(ncn3C)c2O1. The van der Waals surface area contributed by atoms with Gasteiger partial charge in [0.1, 0.15) is 28.9 Å². The summed E-state index contributed by atoms with van der Waals surface area (Å²) in [5.41, 5.74) is -0.787. The number of hydrogen-bond acceptors (Lipinski definition) is 6. The molecule has 0 spiro atoms. The zero-order valence-electron chi connectivity index (χ0n) is 26.8. The molecule has 2 aromatic carbocycles. The molecule has 2 aliphatic rings. The number of rotatable bonds is 8. The first-order valence-electron chi connectivity index (χ1n) is 15.8. The van der Waals surface area contributed by atoms with Crippen LogP contribution in [0.15, 0.2) is 48.9 Å². The maximum atomic E-state index is 15.2. The van der Waals surface area contributed by atoms with Crippen LogP contribution in [0.5, 0.6) is 5.75 Å². The van der Waals surface area contributed by atoms with Crippen LogP contribution in [-0.2, 0) is 29.2 Å². The summed E-state index contributed by atoms with van der Waals surface area (Å²) in [6.45, 7) is 5.35. The molecular weight excluding hydrogens is 649 g/mol. The van der Waals surface area contributed by atoms with Crippen molar-refractivity contribution in [3.8, 4) is 16.9 Å². The third kappa shape index (κ3) is 5.82. The van der Waals surface area contributed by atoms with E-state index in [1.54, 1.807) is 14.0 Å². The van der Waals surface area contributed by atoms with Gasteiger partial charge < -0.3 is 29.1 Å². The maximum Gasteiger partial charge on any atom is 0.417 e. The molecule has 9 nitrogen and oxygen atoms in total. The highest BCUT2D eigenvalue weighted by Gasteiger charge is 2.39. The van der Waals surface area contributed by atoms with Crippen LogP contribution >= 0.6 is 0 Å². The fourth-order valence-electron chi connectivity index (χ4n) is 6.59. The van der Waals surface area contributed by atoms with E-state index >= 15 is 8.78 Å². The number of halogens is 5. The number of hydrogen-bond donors (Lipinski definition) is 2. The Balaban J connectivity index is 1.23. The summed E-state index contributed by atoms with van der Waals surface area (Å²) >= 11 is 0. The van der Waals surface area contributed by atoms with E-state index in [2.05, 4.69) is 15.6 Å². The number of aromatic nitrogens is 3. The lowest BCUT2D eigenvalue weighted by Crippen LogP contribution is -2.58. The molecular formula is C35H32F5N5O4. The van der Waals surface area contributed by atoms with Crippen molar-refractivity contribution in [2.24, 2.45) is 7.05 Å². The molecule has 1 fully saturated rings. The minimum atomic E-state index is -4.76. The predicted octanol–water partition coefficient (Wildman–Crippen LogP) is 6.44. The van der Waals surface area contributed by atoms with Crippen molar-refractivity contribution < 1.29 is 41.0 Å². The highest BCUT2D eigenvalue weighted by molar-refractivity contribution is 6.10. The largest absolute Gasteiger partial charge is 0.487 e. The van der Waals surface area contributed by atoms with Gasteiger partial charge in [0, 0.05) is 42.8 Å². The zero-order chi connectivity index (χ0) is 34.8. The molecule has 7 rings (SSSR count). The average molecular weight is 682 g/mol. The molecule has 2 N–H and O–H groups in total. The van der Waals surface area contributed by atoms with Gasteiger partial charge in [0.15, 0.2) is 5.75 Å². The van der Waals surface area contributed by atoms with Crippen molar-refractivity contribution in [1.29, 1.82) is 0 Å². The Kier molecular flexibility index (Phi) is 7.98. The van der Waals surface area contributed by atoms with E-state index in [0.29, 0.717) is 37.3 Å². The third-order valence-corrected chi connectivity index (χ3v) is 9.02. The van der Waals surface area contributed by atoms with Gasteiger partial charge >= 0.3 is 6.18 Å². The lowest BCUT2D eigenvalue weighted by atomic mass is 9.93. The van der Waals surface area contributed by atoms with Gasteiger partial charge in [-0.3, -0.25) is 9.59 Å². The molecule has 14 heteroatoms.